The average Bonchev–Trinajstić information content (AvgIpc) is 3.57. The fourth-order valence-corrected chi connectivity index (χ4v) is 7.18. The van der Waals surface area contributed by atoms with Crippen LogP contribution in [0.1, 0.15) is 25.0 Å². The first kappa shape index (κ1) is 26.5. The maximum atomic E-state index is 5.14. The maximum Gasteiger partial charge on any atom is 0.164 e. The van der Waals surface area contributed by atoms with Crippen molar-refractivity contribution in [2.24, 2.45) is 0 Å². The van der Waals surface area contributed by atoms with Crippen LogP contribution in [0.3, 0.4) is 0 Å². The van der Waals surface area contributed by atoms with Gasteiger partial charge in [-0.25, -0.2) is 15.0 Å². The molecule has 1 aliphatic rings. The molecule has 0 saturated heterocycles. The van der Waals surface area contributed by atoms with Gasteiger partial charge in [0, 0.05) is 38.6 Å². The van der Waals surface area contributed by atoms with Crippen LogP contribution in [-0.2, 0) is 5.41 Å². The second kappa shape index (κ2) is 10.1. The fourth-order valence-electron chi connectivity index (χ4n) is 7.18. The van der Waals surface area contributed by atoms with E-state index in [2.05, 4.69) is 146 Å². The zero-order valence-corrected chi connectivity index (χ0v) is 25.6. The van der Waals surface area contributed by atoms with Gasteiger partial charge in [-0.05, 0) is 64.7 Å². The van der Waals surface area contributed by atoms with Gasteiger partial charge < -0.3 is 4.57 Å². The van der Waals surface area contributed by atoms with Crippen LogP contribution in [0.15, 0.2) is 146 Å². The highest BCUT2D eigenvalue weighted by Crippen LogP contribution is 2.49. The lowest BCUT2D eigenvalue weighted by atomic mass is 9.82. The van der Waals surface area contributed by atoms with Gasteiger partial charge in [0.1, 0.15) is 0 Å². The third kappa shape index (κ3) is 4.04. The summed E-state index contributed by atoms with van der Waals surface area (Å²) in [5.41, 5.74) is 11.5. The molecule has 8 aromatic rings. The largest absolute Gasteiger partial charge is 0.309 e. The zero-order valence-electron chi connectivity index (χ0n) is 25.6. The van der Waals surface area contributed by atoms with Crippen molar-refractivity contribution >= 4 is 21.8 Å². The Labute approximate surface area is 267 Å². The third-order valence-corrected chi connectivity index (χ3v) is 9.45. The summed E-state index contributed by atoms with van der Waals surface area (Å²) in [6, 6.07) is 51.2. The molecule has 0 unspecified atom stereocenters. The van der Waals surface area contributed by atoms with Crippen molar-refractivity contribution in [3.05, 3.63) is 157 Å². The van der Waals surface area contributed by atoms with Crippen molar-refractivity contribution in [2.75, 3.05) is 0 Å². The number of nitrogens with zero attached hydrogens (tertiary/aromatic N) is 4. The highest BCUT2D eigenvalue weighted by molar-refractivity contribution is 6.10. The number of rotatable bonds is 4. The Balaban J connectivity index is 1.25. The Hall–Kier alpha value is -5.87. The van der Waals surface area contributed by atoms with Gasteiger partial charge in [-0.1, -0.05) is 117 Å². The van der Waals surface area contributed by atoms with Crippen molar-refractivity contribution in [1.29, 1.82) is 0 Å². The molecule has 0 atom stereocenters. The minimum atomic E-state index is -0.0573. The minimum Gasteiger partial charge on any atom is -0.309 e. The van der Waals surface area contributed by atoms with Crippen molar-refractivity contribution in [3.8, 4) is 51.0 Å². The summed E-state index contributed by atoms with van der Waals surface area (Å²) in [6.45, 7) is 4.60. The maximum absolute atomic E-state index is 5.14. The molecule has 4 heteroatoms. The molecule has 0 radical (unpaired) electrons. The summed E-state index contributed by atoms with van der Waals surface area (Å²) >= 11 is 0. The quantitative estimate of drug-likeness (QED) is 0.205. The summed E-state index contributed by atoms with van der Waals surface area (Å²) in [5, 5.41) is 2.36. The van der Waals surface area contributed by atoms with Crippen LogP contribution in [0.4, 0.5) is 0 Å². The summed E-state index contributed by atoms with van der Waals surface area (Å²) < 4.78 is 2.33. The van der Waals surface area contributed by atoms with Gasteiger partial charge >= 0.3 is 0 Å². The Kier molecular flexibility index (Phi) is 5.81. The van der Waals surface area contributed by atoms with Crippen LogP contribution in [0, 0.1) is 0 Å². The van der Waals surface area contributed by atoms with E-state index >= 15 is 0 Å². The SMILES string of the molecule is CC1(C)c2ccccc2-c2cc(-c3nc(-c4ccccc4)nc(-c4ccc5c(c4)c4ccccc4n5-c4ccccc4)n3)ccc21. The molecule has 0 saturated carbocycles. The Morgan fingerprint density at radius 2 is 1.00 bits per heavy atom. The monoisotopic (exact) mass is 590 g/mol. The Bertz CT molecular complexity index is 2440. The minimum absolute atomic E-state index is 0.0573. The molecule has 0 fully saturated rings. The van der Waals surface area contributed by atoms with E-state index in [-0.39, 0.29) is 5.41 Å². The molecular weight excluding hydrogens is 560 g/mol. The van der Waals surface area contributed by atoms with Crippen molar-refractivity contribution in [2.45, 2.75) is 19.3 Å². The number of hydrogen-bond donors (Lipinski definition) is 0. The lowest BCUT2D eigenvalue weighted by Crippen LogP contribution is -2.14. The van der Waals surface area contributed by atoms with Crippen LogP contribution in [0.5, 0.6) is 0 Å². The topological polar surface area (TPSA) is 43.6 Å². The molecule has 0 bridgehead atoms. The first-order valence-electron chi connectivity index (χ1n) is 15.7. The molecule has 9 rings (SSSR count). The van der Waals surface area contributed by atoms with E-state index in [1.165, 1.54) is 33.2 Å². The van der Waals surface area contributed by atoms with Gasteiger partial charge in [0.25, 0.3) is 0 Å². The predicted molar refractivity (Wildman–Crippen MR) is 188 cm³/mol. The van der Waals surface area contributed by atoms with E-state index in [1.807, 2.05) is 18.2 Å². The molecule has 0 aliphatic heterocycles. The number of aromatic nitrogens is 4. The number of hydrogen-bond acceptors (Lipinski definition) is 3. The van der Waals surface area contributed by atoms with E-state index in [0.717, 1.165) is 33.3 Å². The summed E-state index contributed by atoms with van der Waals surface area (Å²) in [4.78, 5) is 15.2. The second-order valence-corrected chi connectivity index (χ2v) is 12.5. The fraction of sp³-hybridized carbons (Fsp3) is 0.0714. The highest BCUT2D eigenvalue weighted by atomic mass is 15.0. The molecule has 2 heterocycles. The van der Waals surface area contributed by atoms with Crippen molar-refractivity contribution in [3.63, 3.8) is 0 Å². The molecule has 218 valence electrons. The Morgan fingerprint density at radius 1 is 0.435 bits per heavy atom. The van der Waals surface area contributed by atoms with Gasteiger partial charge in [-0.2, -0.15) is 0 Å². The zero-order chi connectivity index (χ0) is 30.8. The van der Waals surface area contributed by atoms with Crippen LogP contribution in [0.2, 0.25) is 0 Å². The van der Waals surface area contributed by atoms with Crippen molar-refractivity contribution < 1.29 is 0 Å². The lowest BCUT2D eigenvalue weighted by molar-refractivity contribution is 0.660. The lowest BCUT2D eigenvalue weighted by Gasteiger charge is -2.21. The van der Waals surface area contributed by atoms with E-state index in [9.17, 15) is 0 Å². The second-order valence-electron chi connectivity index (χ2n) is 12.5. The number of fused-ring (bicyclic) bond motifs is 6. The van der Waals surface area contributed by atoms with Gasteiger partial charge in [0.05, 0.1) is 11.0 Å². The molecule has 0 amide bonds. The first-order chi connectivity index (χ1) is 22.6. The summed E-state index contributed by atoms with van der Waals surface area (Å²) in [5.74, 6) is 1.98. The van der Waals surface area contributed by atoms with Gasteiger partial charge in [0.2, 0.25) is 0 Å². The average molecular weight is 591 g/mol. The van der Waals surface area contributed by atoms with Gasteiger partial charge in [-0.15, -0.1) is 0 Å². The van der Waals surface area contributed by atoms with Gasteiger partial charge in [0.15, 0.2) is 17.5 Å². The predicted octanol–water partition coefficient (Wildman–Crippen LogP) is 10.3. The standard InChI is InChI=1S/C42H30N4/c1-42(2)35-19-11-9-17-31(35)33-25-28(21-23-36(33)42)40-43-39(27-13-5-3-6-14-27)44-41(45-40)29-22-24-38-34(26-29)32-18-10-12-20-37(32)46(38)30-15-7-4-8-16-30/h3-26H,1-2H3. The molecule has 0 N–H and O–H groups in total. The number of benzene rings is 6. The molecule has 46 heavy (non-hydrogen) atoms. The molecule has 6 aromatic carbocycles. The molecular formula is C42H30N4. The smallest absolute Gasteiger partial charge is 0.164 e. The summed E-state index contributed by atoms with van der Waals surface area (Å²) in [7, 11) is 0. The van der Waals surface area contributed by atoms with E-state index in [4.69, 9.17) is 15.0 Å². The first-order valence-corrected chi connectivity index (χ1v) is 15.7. The van der Waals surface area contributed by atoms with E-state index < -0.39 is 0 Å². The van der Waals surface area contributed by atoms with Crippen LogP contribution >= 0.6 is 0 Å². The highest BCUT2D eigenvalue weighted by Gasteiger charge is 2.35. The molecule has 2 aromatic heterocycles. The normalized spacial score (nSPS) is 13.2. The van der Waals surface area contributed by atoms with Crippen LogP contribution < -0.4 is 0 Å². The van der Waals surface area contributed by atoms with E-state index in [1.54, 1.807) is 0 Å². The molecule has 4 nitrogen and oxygen atoms in total. The van der Waals surface area contributed by atoms with Crippen molar-refractivity contribution in [1.82, 2.24) is 19.5 Å². The number of para-hydroxylation sites is 2. The van der Waals surface area contributed by atoms with Crippen LogP contribution in [0.25, 0.3) is 72.8 Å². The van der Waals surface area contributed by atoms with Gasteiger partial charge in [-0.3, -0.25) is 0 Å². The molecule has 0 spiro atoms. The van der Waals surface area contributed by atoms with Crippen LogP contribution in [-0.4, -0.2) is 19.5 Å². The van der Waals surface area contributed by atoms with E-state index in [0.29, 0.717) is 17.5 Å². The third-order valence-electron chi connectivity index (χ3n) is 9.45. The molecule has 1 aliphatic carbocycles. The summed E-state index contributed by atoms with van der Waals surface area (Å²) in [6.07, 6.45) is 0. The Morgan fingerprint density at radius 3 is 1.78 bits per heavy atom.